The van der Waals surface area contributed by atoms with Crippen molar-refractivity contribution in [3.63, 3.8) is 0 Å². The highest BCUT2D eigenvalue weighted by molar-refractivity contribution is 6.46. The van der Waals surface area contributed by atoms with E-state index in [0.29, 0.717) is 17.7 Å². The van der Waals surface area contributed by atoms with E-state index in [0.717, 1.165) is 31.2 Å². The first-order valence-electron chi connectivity index (χ1n) is 10.6. The predicted molar refractivity (Wildman–Crippen MR) is 119 cm³/mol. The number of benzene rings is 2. The van der Waals surface area contributed by atoms with Gasteiger partial charge in [-0.25, -0.2) is 0 Å². The van der Waals surface area contributed by atoms with Crippen LogP contribution in [0.25, 0.3) is 5.76 Å². The Labute approximate surface area is 182 Å². The number of methoxy groups -OCH3 is 1. The summed E-state index contributed by atoms with van der Waals surface area (Å²) in [5.74, 6) is -1.33. The number of aliphatic hydroxyl groups excluding tert-OH is 1. The van der Waals surface area contributed by atoms with Gasteiger partial charge in [0.2, 0.25) is 0 Å². The van der Waals surface area contributed by atoms with Crippen molar-refractivity contribution in [1.29, 1.82) is 0 Å². The third-order valence-corrected chi connectivity index (χ3v) is 5.64. The molecule has 6 heteroatoms. The van der Waals surface area contributed by atoms with E-state index in [1.165, 1.54) is 18.1 Å². The van der Waals surface area contributed by atoms with Crippen LogP contribution in [0.2, 0.25) is 0 Å². The van der Waals surface area contributed by atoms with Crippen LogP contribution in [0, 0.1) is 6.92 Å². The van der Waals surface area contributed by atoms with Crippen LogP contribution in [0.15, 0.2) is 48.0 Å². The number of ether oxygens (including phenoxy) is 1. The van der Waals surface area contributed by atoms with E-state index in [-0.39, 0.29) is 22.8 Å². The number of unbranched alkanes of at least 4 members (excludes halogenated alkanes) is 3. The van der Waals surface area contributed by atoms with Crippen molar-refractivity contribution in [3.8, 4) is 11.5 Å². The molecule has 1 aliphatic rings. The standard InChI is InChI=1S/C25H29NO5/c1-4-5-6-7-14-26-22(18-12-13-19(27)20(15-18)31-3)21(24(29)25(26)30)23(28)17-10-8-16(2)9-11-17/h8-13,15,22,27-28H,4-7,14H2,1-3H3/b23-21+/t22-/m0/s1. The molecule has 2 aromatic carbocycles. The third kappa shape index (κ3) is 4.58. The molecule has 1 saturated heterocycles. The van der Waals surface area contributed by atoms with Crippen molar-refractivity contribution in [1.82, 2.24) is 4.90 Å². The van der Waals surface area contributed by atoms with E-state index in [2.05, 4.69) is 6.92 Å². The van der Waals surface area contributed by atoms with E-state index in [4.69, 9.17) is 4.74 Å². The molecule has 6 nitrogen and oxygen atoms in total. The van der Waals surface area contributed by atoms with Gasteiger partial charge in [-0.2, -0.15) is 0 Å². The summed E-state index contributed by atoms with van der Waals surface area (Å²) in [5, 5.41) is 21.0. The number of ketones is 1. The maximum absolute atomic E-state index is 13.0. The Bertz CT molecular complexity index is 993. The summed E-state index contributed by atoms with van der Waals surface area (Å²) < 4.78 is 5.22. The Kier molecular flexibility index (Phi) is 7.00. The van der Waals surface area contributed by atoms with Crippen LogP contribution in [0.5, 0.6) is 11.5 Å². The summed E-state index contributed by atoms with van der Waals surface area (Å²) in [6, 6.07) is 11.1. The minimum Gasteiger partial charge on any atom is -0.507 e. The van der Waals surface area contributed by atoms with Crippen molar-refractivity contribution in [2.75, 3.05) is 13.7 Å². The molecule has 2 aromatic rings. The fourth-order valence-corrected chi connectivity index (χ4v) is 3.90. The lowest BCUT2D eigenvalue weighted by Gasteiger charge is -2.25. The molecule has 2 N–H and O–H groups in total. The molecular formula is C25H29NO5. The van der Waals surface area contributed by atoms with Gasteiger partial charge in [0, 0.05) is 12.1 Å². The molecule has 0 aliphatic carbocycles. The number of carbonyl (C=O) groups is 2. The minimum absolute atomic E-state index is 0.0373. The van der Waals surface area contributed by atoms with E-state index >= 15 is 0 Å². The number of aliphatic hydroxyl groups is 1. The van der Waals surface area contributed by atoms with Gasteiger partial charge >= 0.3 is 0 Å². The van der Waals surface area contributed by atoms with E-state index < -0.39 is 17.7 Å². The number of hydrogen-bond donors (Lipinski definition) is 2. The highest BCUT2D eigenvalue weighted by Crippen LogP contribution is 2.41. The fraction of sp³-hybridized carbons (Fsp3) is 0.360. The highest BCUT2D eigenvalue weighted by atomic mass is 16.5. The van der Waals surface area contributed by atoms with Gasteiger partial charge in [0.05, 0.1) is 18.7 Å². The molecular weight excluding hydrogens is 394 g/mol. The number of rotatable bonds is 8. The van der Waals surface area contributed by atoms with Crippen molar-refractivity contribution in [3.05, 3.63) is 64.7 Å². The van der Waals surface area contributed by atoms with Crippen molar-refractivity contribution in [2.24, 2.45) is 0 Å². The molecule has 1 atom stereocenters. The molecule has 0 bridgehead atoms. The zero-order valence-electron chi connectivity index (χ0n) is 18.2. The Morgan fingerprint density at radius 2 is 1.77 bits per heavy atom. The summed E-state index contributed by atoms with van der Waals surface area (Å²) in [6.07, 6.45) is 3.82. The largest absolute Gasteiger partial charge is 0.507 e. The number of phenols is 1. The SMILES string of the molecule is CCCCCCN1C(=O)C(=O)/C(=C(/O)c2ccc(C)cc2)[C@@H]1c1ccc(O)c(OC)c1. The fourth-order valence-electron chi connectivity index (χ4n) is 3.90. The first kappa shape index (κ1) is 22.4. The molecule has 164 valence electrons. The lowest BCUT2D eigenvalue weighted by atomic mass is 9.94. The second-order valence-electron chi connectivity index (χ2n) is 7.85. The maximum atomic E-state index is 13.0. The molecule has 1 heterocycles. The number of carbonyl (C=O) groups excluding carboxylic acids is 2. The number of Topliss-reactive ketones (excluding diaryl/α,β-unsaturated/α-hetero) is 1. The molecule has 0 radical (unpaired) electrons. The molecule has 1 aliphatic heterocycles. The first-order chi connectivity index (χ1) is 14.9. The number of phenolic OH excluding ortho intramolecular Hbond substituents is 1. The van der Waals surface area contributed by atoms with Crippen LogP contribution in [0.3, 0.4) is 0 Å². The summed E-state index contributed by atoms with van der Waals surface area (Å²) in [7, 11) is 1.44. The number of aryl methyl sites for hydroxylation is 1. The van der Waals surface area contributed by atoms with Crippen LogP contribution < -0.4 is 4.74 Å². The van der Waals surface area contributed by atoms with Gasteiger partial charge in [0.25, 0.3) is 11.7 Å². The van der Waals surface area contributed by atoms with Crippen LogP contribution in [0.1, 0.15) is 55.3 Å². The van der Waals surface area contributed by atoms with Gasteiger partial charge < -0.3 is 19.8 Å². The molecule has 0 spiro atoms. The second kappa shape index (κ2) is 9.69. The monoisotopic (exact) mass is 423 g/mol. The molecule has 1 amide bonds. The average Bonchev–Trinajstić information content (AvgIpc) is 3.02. The van der Waals surface area contributed by atoms with Gasteiger partial charge in [0.1, 0.15) is 5.76 Å². The van der Waals surface area contributed by atoms with Gasteiger partial charge in [-0.1, -0.05) is 62.1 Å². The van der Waals surface area contributed by atoms with Crippen LogP contribution >= 0.6 is 0 Å². The van der Waals surface area contributed by atoms with E-state index in [1.807, 2.05) is 19.1 Å². The van der Waals surface area contributed by atoms with Crippen molar-refractivity contribution < 1.29 is 24.5 Å². The Morgan fingerprint density at radius 1 is 1.06 bits per heavy atom. The molecule has 31 heavy (non-hydrogen) atoms. The van der Waals surface area contributed by atoms with Crippen LogP contribution in [0.4, 0.5) is 0 Å². The maximum Gasteiger partial charge on any atom is 0.295 e. The lowest BCUT2D eigenvalue weighted by molar-refractivity contribution is -0.139. The van der Waals surface area contributed by atoms with Gasteiger partial charge in [-0.05, 0) is 31.0 Å². The lowest BCUT2D eigenvalue weighted by Crippen LogP contribution is -2.30. The van der Waals surface area contributed by atoms with Crippen LogP contribution in [-0.2, 0) is 9.59 Å². The van der Waals surface area contributed by atoms with Gasteiger partial charge in [-0.15, -0.1) is 0 Å². The molecule has 1 fully saturated rings. The highest BCUT2D eigenvalue weighted by Gasteiger charge is 2.46. The normalized spacial score (nSPS) is 17.9. The third-order valence-electron chi connectivity index (χ3n) is 5.64. The van der Waals surface area contributed by atoms with Crippen molar-refractivity contribution >= 4 is 17.4 Å². The number of nitrogens with zero attached hydrogens (tertiary/aromatic N) is 1. The minimum atomic E-state index is -0.752. The van der Waals surface area contributed by atoms with Crippen molar-refractivity contribution in [2.45, 2.75) is 45.6 Å². The number of likely N-dealkylation sites (tertiary alicyclic amines) is 1. The van der Waals surface area contributed by atoms with E-state index in [1.54, 1.807) is 24.3 Å². The molecule has 0 aromatic heterocycles. The number of hydrogen-bond acceptors (Lipinski definition) is 5. The quantitative estimate of drug-likeness (QED) is 0.278. The smallest absolute Gasteiger partial charge is 0.295 e. The average molecular weight is 424 g/mol. The molecule has 3 rings (SSSR count). The summed E-state index contributed by atoms with van der Waals surface area (Å²) in [6.45, 7) is 4.45. The van der Waals surface area contributed by atoms with Crippen LogP contribution in [-0.4, -0.2) is 40.5 Å². The predicted octanol–water partition coefficient (Wildman–Crippen LogP) is 4.71. The number of amides is 1. The Balaban J connectivity index is 2.10. The Morgan fingerprint density at radius 3 is 2.42 bits per heavy atom. The molecule has 0 saturated carbocycles. The first-order valence-corrected chi connectivity index (χ1v) is 10.6. The van der Waals surface area contributed by atoms with Gasteiger partial charge in [-0.3, -0.25) is 9.59 Å². The molecule has 0 unspecified atom stereocenters. The topological polar surface area (TPSA) is 87.1 Å². The second-order valence-corrected chi connectivity index (χ2v) is 7.85. The van der Waals surface area contributed by atoms with Gasteiger partial charge in [0.15, 0.2) is 11.5 Å². The van der Waals surface area contributed by atoms with E-state index in [9.17, 15) is 19.8 Å². The zero-order chi connectivity index (χ0) is 22.5. The summed E-state index contributed by atoms with van der Waals surface area (Å²) in [4.78, 5) is 27.4. The summed E-state index contributed by atoms with van der Waals surface area (Å²) in [5.41, 5.74) is 2.15. The Hall–Kier alpha value is -3.28. The number of aromatic hydroxyl groups is 1. The zero-order valence-corrected chi connectivity index (χ0v) is 18.2. The summed E-state index contributed by atoms with van der Waals surface area (Å²) >= 11 is 0.